The summed E-state index contributed by atoms with van der Waals surface area (Å²) in [5.74, 6) is 1.90. The molecule has 1 saturated heterocycles. The molecule has 1 aliphatic heterocycles. The number of hydrogen-bond acceptors (Lipinski definition) is 2. The first-order valence-corrected chi connectivity index (χ1v) is 7.61. The van der Waals surface area contributed by atoms with Crippen LogP contribution in [-0.4, -0.2) is 24.5 Å². The van der Waals surface area contributed by atoms with Crippen LogP contribution in [0.1, 0.15) is 52.9 Å². The maximum atomic E-state index is 12.3. The lowest BCUT2D eigenvalue weighted by Crippen LogP contribution is -2.48. The van der Waals surface area contributed by atoms with Crippen LogP contribution in [0.2, 0.25) is 0 Å². The van der Waals surface area contributed by atoms with E-state index < -0.39 is 0 Å². The SMILES string of the molecule is CC1CCCC(NC(=O)[C@H]2CCN[C@@H](C)C2)C1C. The molecule has 18 heavy (non-hydrogen) atoms. The van der Waals surface area contributed by atoms with Crippen molar-refractivity contribution >= 4 is 5.91 Å². The molecule has 0 spiro atoms. The van der Waals surface area contributed by atoms with Gasteiger partial charge >= 0.3 is 0 Å². The second-order valence-corrected chi connectivity index (χ2v) is 6.46. The molecule has 0 radical (unpaired) electrons. The number of amides is 1. The van der Waals surface area contributed by atoms with Crippen LogP contribution in [-0.2, 0) is 4.79 Å². The second kappa shape index (κ2) is 6.05. The molecule has 2 rings (SSSR count). The molecule has 3 nitrogen and oxygen atoms in total. The van der Waals surface area contributed by atoms with Crippen molar-refractivity contribution in [1.29, 1.82) is 0 Å². The van der Waals surface area contributed by atoms with E-state index in [1.54, 1.807) is 0 Å². The van der Waals surface area contributed by atoms with E-state index in [1.165, 1.54) is 12.8 Å². The summed E-state index contributed by atoms with van der Waals surface area (Å²) in [5, 5.41) is 6.73. The van der Waals surface area contributed by atoms with E-state index >= 15 is 0 Å². The zero-order valence-electron chi connectivity index (χ0n) is 12.0. The van der Waals surface area contributed by atoms with Crippen LogP contribution in [0, 0.1) is 17.8 Å². The fourth-order valence-electron chi connectivity index (χ4n) is 3.46. The lowest BCUT2D eigenvalue weighted by atomic mass is 9.77. The fraction of sp³-hybridized carbons (Fsp3) is 0.933. The Balaban J connectivity index is 1.86. The summed E-state index contributed by atoms with van der Waals surface area (Å²) in [6.07, 6.45) is 5.73. The van der Waals surface area contributed by atoms with Crippen molar-refractivity contribution in [1.82, 2.24) is 10.6 Å². The average molecular weight is 252 g/mol. The number of rotatable bonds is 2. The lowest BCUT2D eigenvalue weighted by molar-refractivity contribution is -0.127. The number of carbonyl (C=O) groups excluding carboxylic acids is 1. The molecule has 0 aromatic rings. The number of nitrogens with one attached hydrogen (secondary N) is 2. The van der Waals surface area contributed by atoms with Crippen LogP contribution in [0.15, 0.2) is 0 Å². The molecule has 5 atom stereocenters. The van der Waals surface area contributed by atoms with E-state index in [0.29, 0.717) is 23.9 Å². The molecule has 0 aromatic heterocycles. The highest BCUT2D eigenvalue weighted by Crippen LogP contribution is 2.30. The van der Waals surface area contributed by atoms with Crippen molar-refractivity contribution in [3.05, 3.63) is 0 Å². The zero-order chi connectivity index (χ0) is 13.1. The molecule has 3 unspecified atom stereocenters. The third-order valence-corrected chi connectivity index (χ3v) is 5.03. The third-order valence-electron chi connectivity index (χ3n) is 5.03. The molecule has 1 heterocycles. The smallest absolute Gasteiger partial charge is 0.223 e. The van der Waals surface area contributed by atoms with Gasteiger partial charge < -0.3 is 10.6 Å². The minimum atomic E-state index is 0.227. The Labute approximate surface area is 111 Å². The van der Waals surface area contributed by atoms with Gasteiger partial charge in [-0.05, 0) is 44.6 Å². The summed E-state index contributed by atoms with van der Waals surface area (Å²) in [6, 6.07) is 0.892. The maximum Gasteiger partial charge on any atom is 0.223 e. The molecule has 3 heteroatoms. The summed E-state index contributed by atoms with van der Waals surface area (Å²) in [4.78, 5) is 12.3. The van der Waals surface area contributed by atoms with Crippen molar-refractivity contribution in [2.24, 2.45) is 17.8 Å². The molecule has 0 bridgehead atoms. The van der Waals surface area contributed by atoms with Gasteiger partial charge in [-0.1, -0.05) is 26.7 Å². The first-order chi connectivity index (χ1) is 8.58. The molecule has 2 N–H and O–H groups in total. The van der Waals surface area contributed by atoms with Crippen molar-refractivity contribution in [3.8, 4) is 0 Å². The highest BCUT2D eigenvalue weighted by atomic mass is 16.1. The first-order valence-electron chi connectivity index (χ1n) is 7.61. The molecule has 1 aliphatic carbocycles. The summed E-state index contributed by atoms with van der Waals surface area (Å²) in [6.45, 7) is 7.76. The van der Waals surface area contributed by atoms with E-state index in [9.17, 15) is 4.79 Å². The Hall–Kier alpha value is -0.570. The molecule has 104 valence electrons. The van der Waals surface area contributed by atoms with Gasteiger partial charge in [0.2, 0.25) is 5.91 Å². The normalized spacial score (nSPS) is 41.4. The van der Waals surface area contributed by atoms with Crippen LogP contribution in [0.5, 0.6) is 0 Å². The highest BCUT2D eigenvalue weighted by Gasteiger charge is 2.31. The molecule has 1 amide bonds. The van der Waals surface area contributed by atoms with Gasteiger partial charge in [0.25, 0.3) is 0 Å². The van der Waals surface area contributed by atoms with E-state index in [0.717, 1.165) is 31.7 Å². The van der Waals surface area contributed by atoms with E-state index in [-0.39, 0.29) is 5.92 Å². The Morgan fingerprint density at radius 1 is 1.17 bits per heavy atom. The quantitative estimate of drug-likeness (QED) is 0.792. The van der Waals surface area contributed by atoms with Crippen LogP contribution in [0.25, 0.3) is 0 Å². The largest absolute Gasteiger partial charge is 0.353 e. The van der Waals surface area contributed by atoms with Gasteiger partial charge in [-0.2, -0.15) is 0 Å². The van der Waals surface area contributed by atoms with Crippen molar-refractivity contribution < 1.29 is 4.79 Å². The number of hydrogen-bond donors (Lipinski definition) is 2. The standard InChI is InChI=1S/C15H28N2O/c1-10-5-4-6-14(12(10)3)17-15(18)13-7-8-16-11(2)9-13/h10-14,16H,4-9H2,1-3H3,(H,17,18)/t10?,11-,12?,13-,14?/m0/s1. The number of piperidine rings is 1. The van der Waals surface area contributed by atoms with Gasteiger partial charge in [0.1, 0.15) is 0 Å². The Morgan fingerprint density at radius 2 is 1.94 bits per heavy atom. The van der Waals surface area contributed by atoms with Gasteiger partial charge in [-0.3, -0.25) is 4.79 Å². The topological polar surface area (TPSA) is 41.1 Å². The van der Waals surface area contributed by atoms with E-state index in [4.69, 9.17) is 0 Å². The minimum absolute atomic E-state index is 0.227. The van der Waals surface area contributed by atoms with Gasteiger partial charge in [0.15, 0.2) is 0 Å². The van der Waals surface area contributed by atoms with Gasteiger partial charge in [-0.15, -0.1) is 0 Å². The van der Waals surface area contributed by atoms with Crippen molar-refractivity contribution in [3.63, 3.8) is 0 Å². The minimum Gasteiger partial charge on any atom is -0.353 e. The van der Waals surface area contributed by atoms with Crippen LogP contribution in [0.3, 0.4) is 0 Å². The number of carbonyl (C=O) groups is 1. The Kier molecular flexibility index (Phi) is 4.66. The third kappa shape index (κ3) is 3.25. The lowest BCUT2D eigenvalue weighted by Gasteiger charge is -2.36. The summed E-state index contributed by atoms with van der Waals surface area (Å²) >= 11 is 0. The van der Waals surface area contributed by atoms with Crippen molar-refractivity contribution in [2.75, 3.05) is 6.54 Å². The predicted molar refractivity (Wildman–Crippen MR) is 74.3 cm³/mol. The Bertz CT molecular complexity index is 292. The maximum absolute atomic E-state index is 12.3. The zero-order valence-corrected chi connectivity index (χ0v) is 12.0. The van der Waals surface area contributed by atoms with E-state index in [2.05, 4.69) is 31.4 Å². The Morgan fingerprint density at radius 3 is 2.67 bits per heavy atom. The fourth-order valence-corrected chi connectivity index (χ4v) is 3.46. The highest BCUT2D eigenvalue weighted by molar-refractivity contribution is 5.79. The molecule has 2 fully saturated rings. The molecule has 0 aromatic carbocycles. The first kappa shape index (κ1) is 13.9. The van der Waals surface area contributed by atoms with Crippen molar-refractivity contribution in [2.45, 2.75) is 65.0 Å². The molecule has 1 saturated carbocycles. The summed E-state index contributed by atoms with van der Waals surface area (Å²) < 4.78 is 0. The molecular formula is C15H28N2O. The van der Waals surface area contributed by atoms with Gasteiger partial charge in [-0.25, -0.2) is 0 Å². The van der Waals surface area contributed by atoms with Crippen LogP contribution in [0.4, 0.5) is 0 Å². The van der Waals surface area contributed by atoms with Gasteiger partial charge in [0.05, 0.1) is 0 Å². The molecule has 2 aliphatic rings. The molecular weight excluding hydrogens is 224 g/mol. The predicted octanol–water partition coefficient (Wildman–Crippen LogP) is 2.32. The monoisotopic (exact) mass is 252 g/mol. The van der Waals surface area contributed by atoms with E-state index in [1.807, 2.05) is 0 Å². The summed E-state index contributed by atoms with van der Waals surface area (Å²) in [5.41, 5.74) is 0. The average Bonchev–Trinajstić information content (AvgIpc) is 2.35. The van der Waals surface area contributed by atoms with Gasteiger partial charge in [0, 0.05) is 18.0 Å². The summed E-state index contributed by atoms with van der Waals surface area (Å²) in [7, 11) is 0. The van der Waals surface area contributed by atoms with Crippen LogP contribution >= 0.6 is 0 Å². The second-order valence-electron chi connectivity index (χ2n) is 6.46. The van der Waals surface area contributed by atoms with Crippen LogP contribution < -0.4 is 10.6 Å².